The zero-order chi connectivity index (χ0) is 21.7. The van der Waals surface area contributed by atoms with Gasteiger partial charge in [0.2, 0.25) is 6.10 Å². The van der Waals surface area contributed by atoms with Gasteiger partial charge in [-0.15, -0.1) is 0 Å². The minimum Gasteiger partial charge on any atom is -0.448 e. The van der Waals surface area contributed by atoms with Gasteiger partial charge in [-0.25, -0.2) is 0 Å². The van der Waals surface area contributed by atoms with Crippen LogP contribution in [0.2, 0.25) is 0 Å². The quantitative estimate of drug-likeness (QED) is 0.277. The van der Waals surface area contributed by atoms with Crippen LogP contribution in [-0.4, -0.2) is 12.1 Å². The molecule has 0 aliphatic carbocycles. The van der Waals surface area contributed by atoms with Crippen molar-refractivity contribution in [3.63, 3.8) is 0 Å². The maximum atomic E-state index is 14.1. The molecule has 0 N–H and O–H groups in total. The molecule has 0 unspecified atom stereocenters. The Kier molecular flexibility index (Phi) is 7.01. The molecular weight excluding hydrogens is 389 g/mol. The van der Waals surface area contributed by atoms with E-state index in [0.29, 0.717) is 28.0 Å². The summed E-state index contributed by atoms with van der Waals surface area (Å²) in [5.74, 6) is -0.530. The van der Waals surface area contributed by atoms with Crippen molar-refractivity contribution in [1.82, 2.24) is 0 Å². The lowest BCUT2D eigenvalue weighted by atomic mass is 9.93. The molecule has 0 fully saturated rings. The van der Waals surface area contributed by atoms with Gasteiger partial charge in [-0.3, -0.25) is 4.79 Å². The third-order valence-electron chi connectivity index (χ3n) is 5.51. The summed E-state index contributed by atoms with van der Waals surface area (Å²) in [6, 6.07) is 15.7. The SMILES string of the molecule is CCCC[C@H](C)CCC(=O)O[C@H](c1c2ccccc2cc2ccccc12)C(F)(F)F. The van der Waals surface area contributed by atoms with Crippen LogP contribution < -0.4 is 0 Å². The Morgan fingerprint density at radius 1 is 0.967 bits per heavy atom. The Balaban J connectivity index is 1.96. The van der Waals surface area contributed by atoms with E-state index < -0.39 is 18.2 Å². The fraction of sp³-hybridized carbons (Fsp3) is 0.400. The summed E-state index contributed by atoms with van der Waals surface area (Å²) in [6.45, 7) is 4.10. The highest BCUT2D eigenvalue weighted by molar-refractivity contribution is 6.02. The van der Waals surface area contributed by atoms with Crippen LogP contribution >= 0.6 is 0 Å². The number of halogens is 3. The van der Waals surface area contributed by atoms with Gasteiger partial charge in [0.25, 0.3) is 0 Å². The maximum absolute atomic E-state index is 14.1. The van der Waals surface area contributed by atoms with Crippen LogP contribution in [0, 0.1) is 5.92 Å². The van der Waals surface area contributed by atoms with Crippen LogP contribution in [0.3, 0.4) is 0 Å². The highest BCUT2D eigenvalue weighted by Crippen LogP contribution is 2.43. The Morgan fingerprint density at radius 2 is 1.53 bits per heavy atom. The summed E-state index contributed by atoms with van der Waals surface area (Å²) in [5, 5.41) is 2.26. The first-order valence-corrected chi connectivity index (χ1v) is 10.5. The Bertz CT molecular complexity index is 956. The van der Waals surface area contributed by atoms with Gasteiger partial charge in [-0.2, -0.15) is 13.2 Å². The van der Waals surface area contributed by atoms with Gasteiger partial charge in [0.05, 0.1) is 0 Å². The molecular formula is C25H27F3O2. The molecule has 0 aliphatic heterocycles. The second-order valence-electron chi connectivity index (χ2n) is 7.93. The average Bonchev–Trinajstić information content (AvgIpc) is 2.72. The first kappa shape index (κ1) is 22.1. The molecule has 3 aromatic carbocycles. The summed E-state index contributed by atoms with van der Waals surface area (Å²) < 4.78 is 47.4. The lowest BCUT2D eigenvalue weighted by Gasteiger charge is -2.24. The smallest absolute Gasteiger partial charge is 0.429 e. The van der Waals surface area contributed by atoms with E-state index in [1.165, 1.54) is 0 Å². The normalized spacial score (nSPS) is 14.0. The fourth-order valence-electron chi connectivity index (χ4n) is 3.87. The van der Waals surface area contributed by atoms with Crippen LogP contribution in [0.1, 0.15) is 57.6 Å². The third kappa shape index (κ3) is 5.13. The topological polar surface area (TPSA) is 26.3 Å². The van der Waals surface area contributed by atoms with Gasteiger partial charge in [-0.1, -0.05) is 81.6 Å². The van der Waals surface area contributed by atoms with Crippen molar-refractivity contribution in [1.29, 1.82) is 0 Å². The van der Waals surface area contributed by atoms with Gasteiger partial charge < -0.3 is 4.74 Å². The molecule has 0 amide bonds. The molecule has 160 valence electrons. The number of ether oxygens (including phenoxy) is 1. The van der Waals surface area contributed by atoms with Gasteiger partial charge in [0, 0.05) is 12.0 Å². The highest BCUT2D eigenvalue weighted by Gasteiger charge is 2.45. The van der Waals surface area contributed by atoms with E-state index >= 15 is 0 Å². The summed E-state index contributed by atoms with van der Waals surface area (Å²) in [5.41, 5.74) is 0.00332. The van der Waals surface area contributed by atoms with Crippen molar-refractivity contribution in [3.05, 3.63) is 60.2 Å². The van der Waals surface area contributed by atoms with E-state index in [2.05, 4.69) is 6.92 Å². The number of fused-ring (bicyclic) bond motifs is 2. The number of hydrogen-bond donors (Lipinski definition) is 0. The first-order chi connectivity index (χ1) is 14.3. The predicted molar refractivity (Wildman–Crippen MR) is 114 cm³/mol. The van der Waals surface area contributed by atoms with Crippen LogP contribution in [0.5, 0.6) is 0 Å². The molecule has 0 spiro atoms. The summed E-state index contributed by atoms with van der Waals surface area (Å²) in [7, 11) is 0. The summed E-state index contributed by atoms with van der Waals surface area (Å²) >= 11 is 0. The molecule has 0 aromatic heterocycles. The first-order valence-electron chi connectivity index (χ1n) is 10.5. The number of esters is 1. The van der Waals surface area contributed by atoms with Crippen LogP contribution in [-0.2, 0) is 9.53 Å². The van der Waals surface area contributed by atoms with Crippen LogP contribution in [0.25, 0.3) is 21.5 Å². The molecule has 2 nitrogen and oxygen atoms in total. The molecule has 3 aromatic rings. The zero-order valence-electron chi connectivity index (χ0n) is 17.3. The van der Waals surface area contributed by atoms with E-state index in [0.717, 1.165) is 19.3 Å². The molecule has 0 radical (unpaired) electrons. The molecule has 0 saturated heterocycles. The van der Waals surface area contributed by atoms with Crippen molar-refractivity contribution < 1.29 is 22.7 Å². The number of alkyl halides is 3. The zero-order valence-corrected chi connectivity index (χ0v) is 17.3. The number of rotatable bonds is 8. The summed E-state index contributed by atoms with van der Waals surface area (Å²) in [4.78, 5) is 12.4. The molecule has 0 aliphatic rings. The fourth-order valence-corrected chi connectivity index (χ4v) is 3.87. The number of carbonyl (C=O) groups is 1. The average molecular weight is 416 g/mol. The van der Waals surface area contributed by atoms with Gasteiger partial charge in [0.15, 0.2) is 0 Å². The Labute approximate surface area is 175 Å². The Hall–Kier alpha value is -2.56. The number of unbranched alkanes of at least 4 members (excludes halogenated alkanes) is 1. The van der Waals surface area contributed by atoms with Gasteiger partial charge in [0.1, 0.15) is 0 Å². The standard InChI is InChI=1S/C25H27F3O2/c1-3-4-9-17(2)14-15-22(29)30-24(25(26,27)28)23-20-12-7-5-10-18(20)16-19-11-6-8-13-21(19)23/h5-8,10-13,16-17,24H,3-4,9,14-15H2,1-2H3/t17-,24+/m0/s1. The lowest BCUT2D eigenvalue weighted by Crippen LogP contribution is -2.27. The minimum atomic E-state index is -4.71. The molecule has 0 bridgehead atoms. The number of benzene rings is 3. The second kappa shape index (κ2) is 9.50. The predicted octanol–water partition coefficient (Wildman–Crippen LogP) is 7.75. The van der Waals surface area contributed by atoms with Crippen molar-refractivity contribution in [3.8, 4) is 0 Å². The largest absolute Gasteiger partial charge is 0.448 e. The molecule has 30 heavy (non-hydrogen) atoms. The molecule has 3 rings (SSSR count). The molecule has 2 atom stereocenters. The minimum absolute atomic E-state index is 0.00332. The van der Waals surface area contributed by atoms with E-state index in [1.54, 1.807) is 48.5 Å². The molecule has 0 heterocycles. The number of hydrogen-bond acceptors (Lipinski definition) is 2. The van der Waals surface area contributed by atoms with Crippen molar-refractivity contribution >= 4 is 27.5 Å². The Morgan fingerprint density at radius 3 is 2.07 bits per heavy atom. The molecule has 0 saturated carbocycles. The van der Waals surface area contributed by atoms with E-state index in [1.807, 2.05) is 13.0 Å². The van der Waals surface area contributed by atoms with Crippen molar-refractivity contribution in [2.24, 2.45) is 5.92 Å². The van der Waals surface area contributed by atoms with Crippen molar-refractivity contribution in [2.45, 2.75) is 58.2 Å². The summed E-state index contributed by atoms with van der Waals surface area (Å²) in [6.07, 6.45) is -3.44. The maximum Gasteiger partial charge on any atom is 0.429 e. The second-order valence-corrected chi connectivity index (χ2v) is 7.93. The van der Waals surface area contributed by atoms with Crippen molar-refractivity contribution in [2.75, 3.05) is 0 Å². The highest BCUT2D eigenvalue weighted by atomic mass is 19.4. The van der Waals surface area contributed by atoms with E-state index in [-0.39, 0.29) is 17.9 Å². The lowest BCUT2D eigenvalue weighted by molar-refractivity contribution is -0.223. The van der Waals surface area contributed by atoms with Gasteiger partial charge in [-0.05, 0) is 39.9 Å². The third-order valence-corrected chi connectivity index (χ3v) is 5.51. The van der Waals surface area contributed by atoms with E-state index in [4.69, 9.17) is 4.74 Å². The number of carbonyl (C=O) groups excluding carboxylic acids is 1. The van der Waals surface area contributed by atoms with Gasteiger partial charge >= 0.3 is 12.1 Å². The van der Waals surface area contributed by atoms with Crippen LogP contribution in [0.4, 0.5) is 13.2 Å². The van der Waals surface area contributed by atoms with E-state index in [9.17, 15) is 18.0 Å². The van der Waals surface area contributed by atoms with Crippen LogP contribution in [0.15, 0.2) is 54.6 Å². The molecule has 5 heteroatoms. The monoisotopic (exact) mass is 416 g/mol.